The van der Waals surface area contributed by atoms with Crippen LogP contribution in [0.25, 0.3) is 0 Å². The summed E-state index contributed by atoms with van der Waals surface area (Å²) in [5.74, 6) is -1.49. The molecule has 0 aliphatic carbocycles. The van der Waals surface area contributed by atoms with Crippen LogP contribution in [0.2, 0.25) is 0 Å². The third-order valence-electron chi connectivity index (χ3n) is 4.95. The predicted molar refractivity (Wildman–Crippen MR) is 90.6 cm³/mol. The molecule has 0 spiro atoms. The van der Waals surface area contributed by atoms with E-state index in [2.05, 4.69) is 0 Å². The Kier molecular flexibility index (Phi) is 4.03. The molecule has 0 N–H and O–H groups in total. The molecule has 2 heterocycles. The zero-order valence-corrected chi connectivity index (χ0v) is 14.4. The minimum atomic E-state index is -1.02. The summed E-state index contributed by atoms with van der Waals surface area (Å²) in [4.78, 5) is 24.7. The topological polar surface area (TPSA) is 71.1 Å². The third-order valence-corrected chi connectivity index (χ3v) is 4.95. The zero-order chi connectivity index (χ0) is 18.3. The fraction of sp³-hybridized carbons (Fsp3) is 0.300. The maximum atomic E-state index is 12.4. The van der Waals surface area contributed by atoms with E-state index >= 15 is 0 Å². The van der Waals surface area contributed by atoms with Gasteiger partial charge in [-0.25, -0.2) is 0 Å². The number of carbonyl (C=O) groups excluding carboxylic acids is 2. The molecular weight excluding hydrogens is 336 g/mol. The van der Waals surface area contributed by atoms with Crippen molar-refractivity contribution in [3.8, 4) is 11.5 Å². The molecule has 0 radical (unpaired) electrons. The number of methoxy groups -OCH3 is 2. The van der Waals surface area contributed by atoms with Gasteiger partial charge in [0.2, 0.25) is 0 Å². The zero-order valence-electron chi connectivity index (χ0n) is 14.4. The lowest BCUT2D eigenvalue weighted by molar-refractivity contribution is -0.155. The second kappa shape index (κ2) is 6.37. The molecular formula is C20H18O6. The fourth-order valence-corrected chi connectivity index (χ4v) is 3.72. The average molecular weight is 354 g/mol. The molecule has 0 aromatic heterocycles. The molecule has 1 fully saturated rings. The Morgan fingerprint density at radius 1 is 1.00 bits per heavy atom. The summed E-state index contributed by atoms with van der Waals surface area (Å²) < 4.78 is 21.9. The Morgan fingerprint density at radius 2 is 1.77 bits per heavy atom. The first-order valence-corrected chi connectivity index (χ1v) is 8.32. The molecule has 4 atom stereocenters. The van der Waals surface area contributed by atoms with Crippen LogP contribution in [-0.2, 0) is 19.1 Å². The van der Waals surface area contributed by atoms with Gasteiger partial charge >= 0.3 is 11.9 Å². The summed E-state index contributed by atoms with van der Waals surface area (Å²) in [6, 6.07) is 14.8. The lowest BCUT2D eigenvalue weighted by Crippen LogP contribution is -2.35. The third kappa shape index (κ3) is 2.49. The number of hydrogen-bond donors (Lipinski definition) is 0. The predicted octanol–water partition coefficient (Wildman–Crippen LogP) is 2.83. The van der Waals surface area contributed by atoms with E-state index in [1.54, 1.807) is 25.3 Å². The summed E-state index contributed by atoms with van der Waals surface area (Å²) in [7, 11) is 2.84. The summed E-state index contributed by atoms with van der Waals surface area (Å²) in [6.07, 6.45) is -1.09. The maximum Gasteiger partial charge on any atom is 0.321 e. The number of ether oxygens (including phenoxy) is 4. The monoisotopic (exact) mass is 354 g/mol. The van der Waals surface area contributed by atoms with Crippen molar-refractivity contribution in [2.24, 2.45) is 11.8 Å². The van der Waals surface area contributed by atoms with E-state index in [-0.39, 0.29) is 0 Å². The van der Waals surface area contributed by atoms with Crippen LogP contribution in [0.3, 0.4) is 0 Å². The first kappa shape index (κ1) is 16.4. The van der Waals surface area contributed by atoms with E-state index in [1.165, 1.54) is 7.11 Å². The smallest absolute Gasteiger partial charge is 0.321 e. The number of fused-ring (bicyclic) bond motifs is 3. The highest BCUT2D eigenvalue weighted by Crippen LogP contribution is 2.54. The fourth-order valence-electron chi connectivity index (χ4n) is 3.72. The van der Waals surface area contributed by atoms with Gasteiger partial charge in [0.25, 0.3) is 0 Å². The van der Waals surface area contributed by atoms with Crippen LogP contribution in [0.4, 0.5) is 0 Å². The van der Waals surface area contributed by atoms with E-state index < -0.39 is 36.0 Å². The molecule has 0 saturated carbocycles. The molecule has 6 heteroatoms. The van der Waals surface area contributed by atoms with Gasteiger partial charge in [-0.3, -0.25) is 9.59 Å². The number of hydrogen-bond acceptors (Lipinski definition) is 6. The Morgan fingerprint density at radius 3 is 2.46 bits per heavy atom. The summed E-state index contributed by atoms with van der Waals surface area (Å²) >= 11 is 0. The van der Waals surface area contributed by atoms with Gasteiger partial charge in [-0.1, -0.05) is 30.3 Å². The molecule has 2 aliphatic heterocycles. The summed E-state index contributed by atoms with van der Waals surface area (Å²) in [5.41, 5.74) is 1.59. The van der Waals surface area contributed by atoms with Crippen molar-refractivity contribution in [3.05, 3.63) is 59.7 Å². The van der Waals surface area contributed by atoms with Crippen LogP contribution in [0.15, 0.2) is 48.5 Å². The van der Waals surface area contributed by atoms with Gasteiger partial charge in [-0.2, -0.15) is 0 Å². The highest BCUT2D eigenvalue weighted by molar-refractivity contribution is 5.97. The summed E-state index contributed by atoms with van der Waals surface area (Å²) in [6.45, 7) is 0. The number of esters is 2. The molecule has 134 valence electrons. The van der Waals surface area contributed by atoms with Crippen molar-refractivity contribution in [1.29, 1.82) is 0 Å². The molecule has 2 aromatic rings. The second-order valence-corrected chi connectivity index (χ2v) is 6.29. The van der Waals surface area contributed by atoms with Gasteiger partial charge in [0.05, 0.1) is 20.1 Å². The van der Waals surface area contributed by atoms with E-state index in [0.717, 1.165) is 11.1 Å². The first-order valence-electron chi connectivity index (χ1n) is 8.32. The highest BCUT2D eigenvalue weighted by Gasteiger charge is 2.57. The molecule has 26 heavy (non-hydrogen) atoms. The van der Waals surface area contributed by atoms with E-state index in [4.69, 9.17) is 18.9 Å². The lowest BCUT2D eigenvalue weighted by atomic mass is 9.78. The Bertz CT molecular complexity index is 847. The Labute approximate surface area is 150 Å². The number of rotatable bonds is 3. The van der Waals surface area contributed by atoms with Crippen molar-refractivity contribution in [1.82, 2.24) is 0 Å². The largest absolute Gasteiger partial charge is 0.497 e. The quantitative estimate of drug-likeness (QED) is 0.623. The van der Waals surface area contributed by atoms with Crippen molar-refractivity contribution in [2.75, 3.05) is 14.2 Å². The minimum absolute atomic E-state index is 0.502. The molecule has 0 unspecified atom stereocenters. The number of carbonyl (C=O) groups is 2. The molecule has 2 aromatic carbocycles. The molecule has 0 amide bonds. The van der Waals surface area contributed by atoms with Gasteiger partial charge in [0.1, 0.15) is 23.7 Å². The van der Waals surface area contributed by atoms with Crippen LogP contribution in [0, 0.1) is 11.8 Å². The van der Waals surface area contributed by atoms with Crippen LogP contribution in [0.1, 0.15) is 23.3 Å². The molecule has 6 nitrogen and oxygen atoms in total. The van der Waals surface area contributed by atoms with Crippen LogP contribution in [-0.4, -0.2) is 26.2 Å². The average Bonchev–Trinajstić information content (AvgIpc) is 3.04. The molecule has 2 aliphatic rings. The highest BCUT2D eigenvalue weighted by atomic mass is 16.6. The lowest BCUT2D eigenvalue weighted by Gasteiger charge is -2.35. The van der Waals surface area contributed by atoms with Crippen molar-refractivity contribution < 1.29 is 28.5 Å². The Balaban J connectivity index is 1.84. The van der Waals surface area contributed by atoms with Crippen molar-refractivity contribution in [3.63, 3.8) is 0 Å². The molecule has 4 rings (SSSR count). The van der Waals surface area contributed by atoms with Gasteiger partial charge in [-0.05, 0) is 17.7 Å². The maximum absolute atomic E-state index is 12.4. The van der Waals surface area contributed by atoms with Gasteiger partial charge in [0.15, 0.2) is 5.92 Å². The Hall–Kier alpha value is -3.02. The standard InChI is InChI=1S/C20H18O6/c1-23-12-8-9-13-14(10-12)25-17(11-6-4-3-5-7-11)15-16(19(21)24-2)20(22)26-18(13)15/h3-10,15-18H,1-2H3/t15-,16-,17-,18+/m0/s1. The van der Waals surface area contributed by atoms with Gasteiger partial charge in [0, 0.05) is 11.6 Å². The summed E-state index contributed by atoms with van der Waals surface area (Å²) in [5, 5.41) is 0. The van der Waals surface area contributed by atoms with Crippen LogP contribution >= 0.6 is 0 Å². The second-order valence-electron chi connectivity index (χ2n) is 6.29. The van der Waals surface area contributed by atoms with Crippen molar-refractivity contribution in [2.45, 2.75) is 12.2 Å². The molecule has 1 saturated heterocycles. The van der Waals surface area contributed by atoms with Crippen LogP contribution < -0.4 is 9.47 Å². The first-order chi connectivity index (χ1) is 12.6. The van der Waals surface area contributed by atoms with Crippen molar-refractivity contribution >= 4 is 11.9 Å². The van der Waals surface area contributed by atoms with Crippen LogP contribution in [0.5, 0.6) is 11.5 Å². The normalized spacial score (nSPS) is 26.2. The van der Waals surface area contributed by atoms with E-state index in [0.29, 0.717) is 11.5 Å². The minimum Gasteiger partial charge on any atom is -0.497 e. The van der Waals surface area contributed by atoms with E-state index in [9.17, 15) is 9.59 Å². The number of benzene rings is 2. The van der Waals surface area contributed by atoms with Gasteiger partial charge in [-0.15, -0.1) is 0 Å². The molecule has 0 bridgehead atoms. The van der Waals surface area contributed by atoms with E-state index in [1.807, 2.05) is 30.3 Å². The van der Waals surface area contributed by atoms with Gasteiger partial charge < -0.3 is 18.9 Å². The SMILES string of the molecule is COC(=O)[C@H]1C(=O)O[C@@H]2c3ccc(OC)cc3O[C@@H](c3ccccc3)[C@H]12.